The molecule has 0 atom stereocenters. The van der Waals surface area contributed by atoms with E-state index in [1.54, 1.807) is 27.6 Å². The minimum absolute atomic E-state index is 0.0828. The van der Waals surface area contributed by atoms with Gasteiger partial charge in [-0.25, -0.2) is 4.98 Å². The van der Waals surface area contributed by atoms with Gasteiger partial charge in [-0.05, 0) is 28.1 Å². The Balaban J connectivity index is 1.63. The third kappa shape index (κ3) is 4.28. The fourth-order valence-electron chi connectivity index (χ4n) is 2.15. The SMILES string of the molecule is CN(Cc1ccc(Br)s1)C(=O)Cc1csc(-c2ccccc2)n1. The molecule has 1 amide bonds. The van der Waals surface area contributed by atoms with E-state index in [2.05, 4.69) is 20.9 Å². The molecule has 1 aromatic carbocycles. The molecule has 0 saturated carbocycles. The van der Waals surface area contributed by atoms with Crippen molar-refractivity contribution in [1.29, 1.82) is 0 Å². The van der Waals surface area contributed by atoms with Crippen LogP contribution >= 0.6 is 38.6 Å². The number of rotatable bonds is 5. The second-order valence-electron chi connectivity index (χ2n) is 5.14. The van der Waals surface area contributed by atoms with Gasteiger partial charge in [0.15, 0.2) is 0 Å². The molecular formula is C17H15BrN2OS2. The summed E-state index contributed by atoms with van der Waals surface area (Å²) in [7, 11) is 1.83. The summed E-state index contributed by atoms with van der Waals surface area (Å²) in [6.45, 7) is 0.630. The molecular weight excluding hydrogens is 392 g/mol. The number of thiophene rings is 1. The van der Waals surface area contributed by atoms with Gasteiger partial charge >= 0.3 is 0 Å². The normalized spacial score (nSPS) is 10.7. The monoisotopic (exact) mass is 406 g/mol. The number of amides is 1. The zero-order valence-corrected chi connectivity index (χ0v) is 15.7. The van der Waals surface area contributed by atoms with E-state index in [1.165, 1.54) is 0 Å². The Bertz CT molecular complexity index is 798. The quantitative estimate of drug-likeness (QED) is 0.607. The molecule has 23 heavy (non-hydrogen) atoms. The summed E-state index contributed by atoms with van der Waals surface area (Å²) in [5, 5.41) is 2.92. The number of nitrogens with zero attached hydrogens (tertiary/aromatic N) is 2. The summed E-state index contributed by atoms with van der Waals surface area (Å²) in [5.41, 5.74) is 1.92. The van der Waals surface area contributed by atoms with Crippen LogP contribution in [0, 0.1) is 0 Å². The maximum absolute atomic E-state index is 12.4. The van der Waals surface area contributed by atoms with Crippen molar-refractivity contribution in [2.45, 2.75) is 13.0 Å². The lowest BCUT2D eigenvalue weighted by Gasteiger charge is -2.15. The van der Waals surface area contributed by atoms with Gasteiger partial charge in [-0.1, -0.05) is 30.3 Å². The Hall–Kier alpha value is -1.50. The predicted molar refractivity (Wildman–Crippen MR) is 99.7 cm³/mol. The second kappa shape index (κ2) is 7.38. The van der Waals surface area contributed by atoms with Gasteiger partial charge in [0, 0.05) is 22.9 Å². The van der Waals surface area contributed by atoms with Gasteiger partial charge in [0.2, 0.25) is 5.91 Å². The van der Waals surface area contributed by atoms with E-state index in [0.717, 1.165) is 24.9 Å². The molecule has 0 spiro atoms. The van der Waals surface area contributed by atoms with E-state index >= 15 is 0 Å². The number of hydrogen-bond acceptors (Lipinski definition) is 4. The summed E-state index contributed by atoms with van der Waals surface area (Å²) in [6.07, 6.45) is 0.340. The smallest absolute Gasteiger partial charge is 0.228 e. The maximum Gasteiger partial charge on any atom is 0.228 e. The zero-order valence-electron chi connectivity index (χ0n) is 12.5. The standard InChI is InChI=1S/C17H15BrN2OS2/c1-20(10-14-7-8-15(18)23-14)16(21)9-13-11-22-17(19-13)12-5-3-2-4-6-12/h2-8,11H,9-10H2,1H3. The molecule has 118 valence electrons. The van der Waals surface area contributed by atoms with Gasteiger partial charge in [-0.2, -0.15) is 0 Å². The number of halogens is 1. The molecule has 3 nitrogen and oxygen atoms in total. The van der Waals surface area contributed by atoms with Crippen LogP contribution in [0.15, 0.2) is 51.6 Å². The molecule has 0 saturated heterocycles. The average Bonchev–Trinajstić information content (AvgIpc) is 3.17. The molecule has 0 aliphatic carbocycles. The van der Waals surface area contributed by atoms with Crippen LogP contribution in [0.1, 0.15) is 10.6 Å². The molecule has 0 aliphatic heterocycles. The first kappa shape index (κ1) is 16.4. The van der Waals surface area contributed by atoms with E-state index < -0.39 is 0 Å². The molecule has 0 fully saturated rings. The van der Waals surface area contributed by atoms with Crippen LogP contribution in [0.2, 0.25) is 0 Å². The lowest BCUT2D eigenvalue weighted by Crippen LogP contribution is -2.27. The number of carbonyl (C=O) groups is 1. The van der Waals surface area contributed by atoms with Gasteiger partial charge in [-0.15, -0.1) is 22.7 Å². The van der Waals surface area contributed by atoms with Gasteiger partial charge < -0.3 is 4.90 Å². The van der Waals surface area contributed by atoms with E-state index in [1.807, 2.05) is 54.9 Å². The largest absolute Gasteiger partial charge is 0.340 e. The van der Waals surface area contributed by atoms with Crippen LogP contribution < -0.4 is 0 Å². The highest BCUT2D eigenvalue weighted by Crippen LogP contribution is 2.25. The summed E-state index contributed by atoms with van der Waals surface area (Å²) in [4.78, 5) is 19.8. The summed E-state index contributed by atoms with van der Waals surface area (Å²) >= 11 is 6.67. The predicted octanol–water partition coefficient (Wildman–Crippen LogP) is 4.84. The molecule has 2 heterocycles. The first-order valence-electron chi connectivity index (χ1n) is 7.10. The van der Waals surface area contributed by atoms with Crippen molar-refractivity contribution in [2.24, 2.45) is 0 Å². The van der Waals surface area contributed by atoms with E-state index in [0.29, 0.717) is 13.0 Å². The van der Waals surface area contributed by atoms with Crippen LogP contribution in [-0.2, 0) is 17.8 Å². The summed E-state index contributed by atoms with van der Waals surface area (Å²) in [5.74, 6) is 0.0828. The van der Waals surface area contributed by atoms with Gasteiger partial charge in [-0.3, -0.25) is 4.79 Å². The molecule has 0 bridgehead atoms. The summed E-state index contributed by atoms with van der Waals surface area (Å²) in [6, 6.07) is 14.1. The van der Waals surface area contributed by atoms with Crippen molar-refractivity contribution in [3.8, 4) is 10.6 Å². The topological polar surface area (TPSA) is 33.2 Å². The number of hydrogen-bond donors (Lipinski definition) is 0. The van der Waals surface area contributed by atoms with Crippen molar-refractivity contribution < 1.29 is 4.79 Å². The zero-order chi connectivity index (χ0) is 16.2. The van der Waals surface area contributed by atoms with Crippen LogP contribution in [0.4, 0.5) is 0 Å². The Morgan fingerprint density at radius 2 is 2.00 bits per heavy atom. The number of likely N-dealkylation sites (N-methyl/N-ethyl adjacent to an activating group) is 1. The molecule has 0 unspecified atom stereocenters. The molecule has 2 aromatic heterocycles. The first-order chi connectivity index (χ1) is 11.1. The number of aromatic nitrogens is 1. The molecule has 0 N–H and O–H groups in total. The third-order valence-electron chi connectivity index (χ3n) is 3.35. The van der Waals surface area contributed by atoms with Crippen molar-refractivity contribution in [1.82, 2.24) is 9.88 Å². The van der Waals surface area contributed by atoms with Crippen molar-refractivity contribution in [3.05, 3.63) is 62.2 Å². The fourth-order valence-corrected chi connectivity index (χ4v) is 4.51. The Kier molecular flexibility index (Phi) is 5.25. The minimum atomic E-state index is 0.0828. The van der Waals surface area contributed by atoms with E-state index in [9.17, 15) is 4.79 Å². The highest BCUT2D eigenvalue weighted by atomic mass is 79.9. The Labute approximate surface area is 151 Å². The molecule has 3 rings (SSSR count). The van der Waals surface area contributed by atoms with Crippen molar-refractivity contribution in [2.75, 3.05) is 7.05 Å². The Morgan fingerprint density at radius 1 is 1.22 bits per heavy atom. The van der Waals surface area contributed by atoms with E-state index in [4.69, 9.17) is 0 Å². The highest BCUT2D eigenvalue weighted by molar-refractivity contribution is 9.11. The Morgan fingerprint density at radius 3 is 2.70 bits per heavy atom. The number of benzene rings is 1. The van der Waals surface area contributed by atoms with Crippen molar-refractivity contribution >= 4 is 44.5 Å². The van der Waals surface area contributed by atoms with Crippen molar-refractivity contribution in [3.63, 3.8) is 0 Å². The second-order valence-corrected chi connectivity index (χ2v) is 8.55. The third-order valence-corrected chi connectivity index (χ3v) is 5.90. The highest BCUT2D eigenvalue weighted by Gasteiger charge is 2.14. The summed E-state index contributed by atoms with van der Waals surface area (Å²) < 4.78 is 1.08. The number of carbonyl (C=O) groups excluding carboxylic acids is 1. The van der Waals surface area contributed by atoms with Gasteiger partial charge in [0.1, 0.15) is 5.01 Å². The van der Waals surface area contributed by atoms with E-state index in [-0.39, 0.29) is 5.91 Å². The van der Waals surface area contributed by atoms with Crippen LogP contribution in [0.5, 0.6) is 0 Å². The maximum atomic E-state index is 12.4. The van der Waals surface area contributed by atoms with Gasteiger partial charge in [0.05, 0.1) is 22.4 Å². The van der Waals surface area contributed by atoms with Crippen LogP contribution in [0.3, 0.4) is 0 Å². The molecule has 3 aromatic rings. The van der Waals surface area contributed by atoms with Crippen LogP contribution in [-0.4, -0.2) is 22.8 Å². The minimum Gasteiger partial charge on any atom is -0.340 e. The first-order valence-corrected chi connectivity index (χ1v) is 9.59. The fraction of sp³-hybridized carbons (Fsp3) is 0.176. The molecule has 6 heteroatoms. The van der Waals surface area contributed by atoms with Gasteiger partial charge in [0.25, 0.3) is 0 Å². The lowest BCUT2D eigenvalue weighted by molar-refractivity contribution is -0.129. The molecule has 0 radical (unpaired) electrons. The lowest BCUT2D eigenvalue weighted by atomic mass is 10.2. The molecule has 0 aliphatic rings. The van der Waals surface area contributed by atoms with Crippen LogP contribution in [0.25, 0.3) is 10.6 Å². The number of thiazole rings is 1. The average molecular weight is 407 g/mol.